The van der Waals surface area contributed by atoms with Crippen LogP contribution in [0.1, 0.15) is 19.3 Å². The molecule has 0 radical (unpaired) electrons. The van der Waals surface area contributed by atoms with Crippen molar-refractivity contribution in [1.29, 1.82) is 0 Å². The van der Waals surface area contributed by atoms with Crippen LogP contribution >= 0.6 is 12.4 Å². The first-order chi connectivity index (χ1) is 8.07. The largest absolute Gasteiger partial charge is 0.317 e. The number of hydrogen-bond acceptors (Lipinski definition) is 4. The minimum Gasteiger partial charge on any atom is -0.317 e. The Bertz CT molecular complexity index is 344. The predicted octanol–water partition coefficient (Wildman–Crippen LogP) is 0.128. The normalized spacial score (nSPS) is 25.4. The first-order valence-electron chi connectivity index (χ1n) is 6.47. The van der Waals surface area contributed by atoms with Crippen molar-refractivity contribution in [2.45, 2.75) is 25.3 Å². The van der Waals surface area contributed by atoms with Crippen LogP contribution in [-0.4, -0.2) is 69.2 Å². The average molecular weight is 298 g/mol. The highest BCUT2D eigenvalue weighted by Gasteiger charge is 2.26. The summed E-state index contributed by atoms with van der Waals surface area (Å²) in [5.41, 5.74) is 0. The van der Waals surface area contributed by atoms with E-state index in [2.05, 4.69) is 10.2 Å². The van der Waals surface area contributed by atoms with Gasteiger partial charge in [0.2, 0.25) is 10.0 Å². The van der Waals surface area contributed by atoms with E-state index < -0.39 is 10.0 Å². The predicted molar refractivity (Wildman–Crippen MR) is 75.7 cm³/mol. The highest BCUT2D eigenvalue weighted by atomic mass is 35.5. The topological polar surface area (TPSA) is 52.7 Å². The summed E-state index contributed by atoms with van der Waals surface area (Å²) >= 11 is 0. The van der Waals surface area contributed by atoms with Gasteiger partial charge in [0, 0.05) is 25.7 Å². The number of rotatable bonds is 2. The lowest BCUT2D eigenvalue weighted by Crippen LogP contribution is -2.44. The number of piperidine rings is 1. The Morgan fingerprint density at radius 3 is 2.33 bits per heavy atom. The molecule has 2 saturated heterocycles. The minimum absolute atomic E-state index is 0. The highest BCUT2D eigenvalue weighted by molar-refractivity contribution is 7.88. The Balaban J connectivity index is 0.00000162. The zero-order valence-corrected chi connectivity index (χ0v) is 12.6. The van der Waals surface area contributed by atoms with Gasteiger partial charge in [-0.25, -0.2) is 12.7 Å². The van der Waals surface area contributed by atoms with Crippen molar-refractivity contribution in [3.63, 3.8) is 0 Å². The second-order valence-electron chi connectivity index (χ2n) is 5.03. The summed E-state index contributed by atoms with van der Waals surface area (Å²) in [5.74, 6) is 0. The van der Waals surface area contributed by atoms with Crippen LogP contribution in [0.4, 0.5) is 0 Å². The van der Waals surface area contributed by atoms with Gasteiger partial charge in [0.25, 0.3) is 0 Å². The summed E-state index contributed by atoms with van der Waals surface area (Å²) in [5, 5.41) is 3.37. The molecule has 0 aromatic carbocycles. The molecule has 2 fully saturated rings. The molecule has 2 rings (SSSR count). The summed E-state index contributed by atoms with van der Waals surface area (Å²) < 4.78 is 24.7. The van der Waals surface area contributed by atoms with E-state index in [1.54, 1.807) is 4.31 Å². The van der Waals surface area contributed by atoms with Gasteiger partial charge < -0.3 is 5.32 Å². The van der Waals surface area contributed by atoms with E-state index in [4.69, 9.17) is 0 Å². The molecule has 0 bridgehead atoms. The maximum atomic E-state index is 11.5. The van der Waals surface area contributed by atoms with E-state index in [0.717, 1.165) is 32.6 Å². The third kappa shape index (κ3) is 4.35. The quantitative estimate of drug-likeness (QED) is 0.787. The fourth-order valence-electron chi connectivity index (χ4n) is 2.78. The molecule has 2 heterocycles. The van der Waals surface area contributed by atoms with Gasteiger partial charge >= 0.3 is 0 Å². The lowest BCUT2D eigenvalue weighted by Gasteiger charge is -2.33. The van der Waals surface area contributed by atoms with E-state index in [0.29, 0.717) is 19.1 Å². The van der Waals surface area contributed by atoms with E-state index in [9.17, 15) is 8.42 Å². The van der Waals surface area contributed by atoms with Gasteiger partial charge in [0.1, 0.15) is 0 Å². The molecule has 0 aromatic heterocycles. The van der Waals surface area contributed by atoms with Crippen molar-refractivity contribution in [2.75, 3.05) is 45.5 Å². The van der Waals surface area contributed by atoms with Crippen molar-refractivity contribution in [2.24, 2.45) is 0 Å². The number of halogens is 1. The second-order valence-corrected chi connectivity index (χ2v) is 7.02. The molecule has 0 atom stereocenters. The van der Waals surface area contributed by atoms with Gasteiger partial charge in [-0.05, 0) is 38.9 Å². The Morgan fingerprint density at radius 1 is 1.06 bits per heavy atom. The van der Waals surface area contributed by atoms with Crippen LogP contribution in [0.2, 0.25) is 0 Å². The van der Waals surface area contributed by atoms with Crippen molar-refractivity contribution in [3.8, 4) is 0 Å². The van der Waals surface area contributed by atoms with Crippen molar-refractivity contribution >= 4 is 22.4 Å². The first-order valence-corrected chi connectivity index (χ1v) is 8.32. The number of nitrogens with zero attached hydrogens (tertiary/aromatic N) is 2. The van der Waals surface area contributed by atoms with Crippen LogP contribution in [0.5, 0.6) is 0 Å². The average Bonchev–Trinajstić information content (AvgIpc) is 2.55. The van der Waals surface area contributed by atoms with E-state index in [-0.39, 0.29) is 12.4 Å². The van der Waals surface area contributed by atoms with Crippen LogP contribution in [0.25, 0.3) is 0 Å². The van der Waals surface area contributed by atoms with Crippen molar-refractivity contribution in [1.82, 2.24) is 14.5 Å². The van der Waals surface area contributed by atoms with Crippen LogP contribution in [0, 0.1) is 0 Å². The molecule has 18 heavy (non-hydrogen) atoms. The molecule has 0 spiro atoms. The van der Waals surface area contributed by atoms with Crippen LogP contribution < -0.4 is 5.32 Å². The fourth-order valence-corrected chi connectivity index (χ4v) is 3.66. The first kappa shape index (κ1) is 16.2. The SMILES string of the molecule is CS(=O)(=O)N1CCCN(C2CCNCC2)CC1.Cl. The Kier molecular flexibility index (Phi) is 6.34. The summed E-state index contributed by atoms with van der Waals surface area (Å²) in [6, 6.07) is 0.649. The van der Waals surface area contributed by atoms with Gasteiger partial charge in [-0.15, -0.1) is 12.4 Å². The second kappa shape index (κ2) is 7.05. The van der Waals surface area contributed by atoms with E-state index in [1.165, 1.54) is 19.1 Å². The lowest BCUT2D eigenvalue weighted by atomic mass is 10.0. The standard InChI is InChI=1S/C11H23N3O2S.ClH/c1-17(15,16)14-8-2-7-13(9-10-14)11-3-5-12-6-4-11;/h11-12H,2-10H2,1H3;1H. The van der Waals surface area contributed by atoms with Gasteiger partial charge in [-0.1, -0.05) is 0 Å². The van der Waals surface area contributed by atoms with E-state index >= 15 is 0 Å². The molecule has 1 N–H and O–H groups in total. The summed E-state index contributed by atoms with van der Waals surface area (Å²) in [7, 11) is -3.01. The zero-order chi connectivity index (χ0) is 12.3. The van der Waals surface area contributed by atoms with Gasteiger partial charge in [-0.3, -0.25) is 4.90 Å². The molecule has 0 aromatic rings. The summed E-state index contributed by atoms with van der Waals surface area (Å²) in [4.78, 5) is 2.48. The molecule has 108 valence electrons. The minimum atomic E-state index is -3.01. The van der Waals surface area contributed by atoms with Gasteiger partial charge in [-0.2, -0.15) is 0 Å². The highest BCUT2D eigenvalue weighted by Crippen LogP contribution is 2.15. The Labute approximate surface area is 116 Å². The summed E-state index contributed by atoms with van der Waals surface area (Å²) in [6.07, 6.45) is 4.65. The summed E-state index contributed by atoms with van der Waals surface area (Å²) in [6.45, 7) is 5.45. The Morgan fingerprint density at radius 2 is 1.72 bits per heavy atom. The molecular weight excluding hydrogens is 274 g/mol. The molecule has 0 amide bonds. The van der Waals surface area contributed by atoms with Crippen molar-refractivity contribution in [3.05, 3.63) is 0 Å². The fraction of sp³-hybridized carbons (Fsp3) is 1.00. The monoisotopic (exact) mass is 297 g/mol. The van der Waals surface area contributed by atoms with E-state index in [1.807, 2.05) is 0 Å². The van der Waals surface area contributed by atoms with Crippen LogP contribution in [-0.2, 0) is 10.0 Å². The molecule has 7 heteroatoms. The Hall–Kier alpha value is 0.120. The number of hydrogen-bond donors (Lipinski definition) is 1. The van der Waals surface area contributed by atoms with Gasteiger partial charge in [0.05, 0.1) is 6.26 Å². The molecule has 0 unspecified atom stereocenters. The number of nitrogens with one attached hydrogen (secondary N) is 1. The van der Waals surface area contributed by atoms with Gasteiger partial charge in [0.15, 0.2) is 0 Å². The molecule has 0 saturated carbocycles. The van der Waals surface area contributed by atoms with Crippen molar-refractivity contribution < 1.29 is 8.42 Å². The third-order valence-corrected chi connectivity index (χ3v) is 5.09. The maximum Gasteiger partial charge on any atom is 0.211 e. The molecule has 2 aliphatic rings. The maximum absolute atomic E-state index is 11.5. The molecular formula is C11H24ClN3O2S. The molecule has 2 aliphatic heterocycles. The van der Waals surface area contributed by atoms with Crippen LogP contribution in [0.3, 0.4) is 0 Å². The van der Waals surface area contributed by atoms with Crippen LogP contribution in [0.15, 0.2) is 0 Å². The number of sulfonamides is 1. The third-order valence-electron chi connectivity index (χ3n) is 3.78. The molecule has 0 aliphatic carbocycles. The lowest BCUT2D eigenvalue weighted by molar-refractivity contribution is 0.170. The molecule has 5 nitrogen and oxygen atoms in total. The zero-order valence-electron chi connectivity index (χ0n) is 11.0. The smallest absolute Gasteiger partial charge is 0.211 e.